The highest BCUT2D eigenvalue weighted by Crippen LogP contribution is 2.10. The third-order valence-electron chi connectivity index (χ3n) is 2.47. The summed E-state index contributed by atoms with van der Waals surface area (Å²) < 4.78 is 1.35. The first-order valence-electron chi connectivity index (χ1n) is 5.73. The predicted molar refractivity (Wildman–Crippen MR) is 70.8 cm³/mol. The molecule has 1 heterocycles. The molecule has 7 nitrogen and oxygen atoms in total. The molecule has 20 heavy (non-hydrogen) atoms. The van der Waals surface area contributed by atoms with E-state index >= 15 is 0 Å². The third kappa shape index (κ3) is 3.55. The number of hydrogen-bond acceptors (Lipinski definition) is 4. The zero-order valence-electron chi connectivity index (χ0n) is 10.3. The molecule has 0 aliphatic rings. The fourth-order valence-electron chi connectivity index (χ4n) is 1.52. The minimum absolute atomic E-state index is 0.133. The molecule has 104 valence electrons. The summed E-state index contributed by atoms with van der Waals surface area (Å²) in [5, 5.41) is 19.0. The lowest BCUT2D eigenvalue weighted by Gasteiger charge is -2.05. The van der Waals surface area contributed by atoms with Crippen molar-refractivity contribution in [3.63, 3.8) is 0 Å². The van der Waals surface area contributed by atoms with E-state index in [-0.39, 0.29) is 11.6 Å². The number of benzene rings is 1. The lowest BCUT2D eigenvalue weighted by Crippen LogP contribution is -2.27. The van der Waals surface area contributed by atoms with Crippen LogP contribution in [0.4, 0.5) is 0 Å². The molecule has 0 radical (unpaired) electrons. The number of rotatable bonds is 5. The third-order valence-corrected chi connectivity index (χ3v) is 2.71. The zero-order chi connectivity index (χ0) is 14.5. The van der Waals surface area contributed by atoms with Gasteiger partial charge in [0.15, 0.2) is 5.69 Å². The fraction of sp³-hybridized carbons (Fsp3) is 0.167. The van der Waals surface area contributed by atoms with Gasteiger partial charge in [0.2, 0.25) is 0 Å². The summed E-state index contributed by atoms with van der Waals surface area (Å²) in [4.78, 5) is 22.4. The van der Waals surface area contributed by atoms with Crippen molar-refractivity contribution in [2.24, 2.45) is 0 Å². The molecule has 0 saturated heterocycles. The van der Waals surface area contributed by atoms with Crippen LogP contribution < -0.4 is 5.32 Å². The number of amides is 1. The molecule has 0 atom stereocenters. The van der Waals surface area contributed by atoms with Crippen molar-refractivity contribution < 1.29 is 14.7 Å². The molecule has 2 N–H and O–H groups in total. The van der Waals surface area contributed by atoms with Crippen molar-refractivity contribution >= 4 is 23.5 Å². The van der Waals surface area contributed by atoms with Crippen LogP contribution >= 0.6 is 11.6 Å². The minimum atomic E-state index is -1.14. The van der Waals surface area contributed by atoms with Gasteiger partial charge in [0.25, 0.3) is 5.91 Å². The SMILES string of the molecule is O=C(NCCn1cc(C(=O)O)nn1)c1cccc(Cl)c1. The van der Waals surface area contributed by atoms with Crippen molar-refractivity contribution in [2.45, 2.75) is 6.54 Å². The van der Waals surface area contributed by atoms with Crippen LogP contribution in [0.1, 0.15) is 20.8 Å². The summed E-state index contributed by atoms with van der Waals surface area (Å²) in [6.07, 6.45) is 1.30. The number of aromatic nitrogens is 3. The second-order valence-electron chi connectivity index (χ2n) is 3.94. The first kappa shape index (κ1) is 14.0. The topological polar surface area (TPSA) is 97.1 Å². The van der Waals surface area contributed by atoms with E-state index in [0.717, 1.165) is 0 Å². The van der Waals surface area contributed by atoms with Crippen LogP contribution in [0.2, 0.25) is 5.02 Å². The van der Waals surface area contributed by atoms with Crippen molar-refractivity contribution in [3.05, 3.63) is 46.7 Å². The van der Waals surface area contributed by atoms with E-state index in [1.165, 1.54) is 10.9 Å². The number of nitrogens with one attached hydrogen (secondary N) is 1. The summed E-state index contributed by atoms with van der Waals surface area (Å²) in [6, 6.07) is 6.59. The van der Waals surface area contributed by atoms with Crippen LogP contribution in [0.5, 0.6) is 0 Å². The summed E-state index contributed by atoms with van der Waals surface area (Å²) in [5.74, 6) is -1.40. The van der Waals surface area contributed by atoms with Gasteiger partial charge in [-0.2, -0.15) is 0 Å². The summed E-state index contributed by atoms with van der Waals surface area (Å²) in [6.45, 7) is 0.625. The zero-order valence-corrected chi connectivity index (χ0v) is 11.0. The Bertz CT molecular complexity index is 641. The Morgan fingerprint density at radius 3 is 2.85 bits per heavy atom. The van der Waals surface area contributed by atoms with E-state index in [2.05, 4.69) is 15.6 Å². The highest BCUT2D eigenvalue weighted by Gasteiger charge is 2.09. The number of nitrogens with zero attached hydrogens (tertiary/aromatic N) is 3. The lowest BCUT2D eigenvalue weighted by atomic mass is 10.2. The second-order valence-corrected chi connectivity index (χ2v) is 4.37. The van der Waals surface area contributed by atoms with E-state index in [4.69, 9.17) is 16.7 Å². The number of aromatic carboxylic acids is 1. The summed E-state index contributed by atoms with van der Waals surface area (Å²) >= 11 is 5.79. The highest BCUT2D eigenvalue weighted by atomic mass is 35.5. The molecule has 0 fully saturated rings. The number of carboxylic acid groups (broad SMARTS) is 1. The smallest absolute Gasteiger partial charge is 0.358 e. The first-order valence-corrected chi connectivity index (χ1v) is 6.11. The standard InChI is InChI=1S/C12H11ClN4O3/c13-9-3-1-2-8(6-9)11(18)14-4-5-17-7-10(12(19)20)15-16-17/h1-3,6-7H,4-5H2,(H,14,18)(H,19,20). The van der Waals surface area contributed by atoms with E-state index in [0.29, 0.717) is 23.7 Å². The van der Waals surface area contributed by atoms with Gasteiger partial charge in [-0.3, -0.25) is 4.79 Å². The van der Waals surface area contributed by atoms with E-state index in [1.807, 2.05) is 0 Å². The Hall–Kier alpha value is -2.41. The molecule has 0 bridgehead atoms. The van der Waals surface area contributed by atoms with Gasteiger partial charge in [0.1, 0.15) is 0 Å². The van der Waals surface area contributed by atoms with Crippen molar-refractivity contribution in [1.82, 2.24) is 20.3 Å². The Labute approximate surface area is 119 Å². The molecule has 8 heteroatoms. The number of halogens is 1. The lowest BCUT2D eigenvalue weighted by molar-refractivity contribution is 0.0690. The Balaban J connectivity index is 1.86. The number of carbonyl (C=O) groups is 2. The molecule has 0 unspecified atom stereocenters. The molecular formula is C12H11ClN4O3. The van der Waals surface area contributed by atoms with Gasteiger partial charge in [0, 0.05) is 17.1 Å². The van der Waals surface area contributed by atoms with Gasteiger partial charge in [-0.25, -0.2) is 9.48 Å². The largest absolute Gasteiger partial charge is 0.476 e. The van der Waals surface area contributed by atoms with Gasteiger partial charge in [-0.1, -0.05) is 22.9 Å². The van der Waals surface area contributed by atoms with Crippen LogP contribution in [0.3, 0.4) is 0 Å². The molecule has 1 amide bonds. The summed E-state index contributed by atoms with van der Waals surface area (Å²) in [5.41, 5.74) is 0.327. The fourth-order valence-corrected chi connectivity index (χ4v) is 1.71. The highest BCUT2D eigenvalue weighted by molar-refractivity contribution is 6.30. The van der Waals surface area contributed by atoms with E-state index < -0.39 is 5.97 Å². The van der Waals surface area contributed by atoms with Crippen LogP contribution in [0, 0.1) is 0 Å². The summed E-state index contributed by atoms with van der Waals surface area (Å²) in [7, 11) is 0. The van der Waals surface area contributed by atoms with Gasteiger partial charge in [0.05, 0.1) is 12.7 Å². The van der Waals surface area contributed by atoms with Crippen molar-refractivity contribution in [3.8, 4) is 0 Å². The number of carbonyl (C=O) groups excluding carboxylic acids is 1. The Morgan fingerprint density at radius 1 is 1.40 bits per heavy atom. The van der Waals surface area contributed by atoms with Crippen LogP contribution in [-0.4, -0.2) is 38.5 Å². The average molecular weight is 295 g/mol. The van der Waals surface area contributed by atoms with Gasteiger partial charge in [-0.05, 0) is 18.2 Å². The maximum absolute atomic E-state index is 11.8. The second kappa shape index (κ2) is 6.16. The molecule has 0 aliphatic carbocycles. The van der Waals surface area contributed by atoms with Crippen LogP contribution in [0.25, 0.3) is 0 Å². The van der Waals surface area contributed by atoms with Crippen molar-refractivity contribution in [1.29, 1.82) is 0 Å². The number of hydrogen-bond donors (Lipinski definition) is 2. The molecule has 1 aromatic heterocycles. The Morgan fingerprint density at radius 2 is 2.20 bits per heavy atom. The number of carboxylic acids is 1. The maximum Gasteiger partial charge on any atom is 0.358 e. The molecule has 0 spiro atoms. The first-order chi connectivity index (χ1) is 9.56. The predicted octanol–water partition coefficient (Wildman–Crippen LogP) is 1.06. The van der Waals surface area contributed by atoms with Gasteiger partial charge >= 0.3 is 5.97 Å². The van der Waals surface area contributed by atoms with Crippen LogP contribution in [-0.2, 0) is 6.54 Å². The minimum Gasteiger partial charge on any atom is -0.476 e. The molecule has 2 rings (SSSR count). The van der Waals surface area contributed by atoms with Crippen molar-refractivity contribution in [2.75, 3.05) is 6.54 Å². The Kier molecular flexibility index (Phi) is 4.31. The van der Waals surface area contributed by atoms with E-state index in [9.17, 15) is 9.59 Å². The molecular weight excluding hydrogens is 284 g/mol. The average Bonchev–Trinajstić information content (AvgIpc) is 2.87. The molecule has 0 saturated carbocycles. The van der Waals surface area contributed by atoms with Crippen LogP contribution in [0.15, 0.2) is 30.5 Å². The van der Waals surface area contributed by atoms with E-state index in [1.54, 1.807) is 24.3 Å². The maximum atomic E-state index is 11.8. The normalized spacial score (nSPS) is 10.2. The van der Waals surface area contributed by atoms with Gasteiger partial charge in [-0.15, -0.1) is 5.10 Å². The quantitative estimate of drug-likeness (QED) is 0.859. The van der Waals surface area contributed by atoms with Gasteiger partial charge < -0.3 is 10.4 Å². The molecule has 1 aromatic carbocycles. The molecule has 2 aromatic rings. The molecule has 0 aliphatic heterocycles. The monoisotopic (exact) mass is 294 g/mol.